The molecule has 1 aromatic heterocycles. The van der Waals surface area contributed by atoms with E-state index in [1.807, 2.05) is 14.1 Å². The number of likely N-dealkylation sites (N-methyl/N-ethyl adjacent to an activating group) is 1. The van der Waals surface area contributed by atoms with Gasteiger partial charge >= 0.3 is 5.97 Å². The van der Waals surface area contributed by atoms with E-state index >= 15 is 0 Å². The maximum Gasteiger partial charge on any atom is 0.337 e. The molecule has 0 saturated heterocycles. The first kappa shape index (κ1) is 15.6. The molecular formula is C13H21N3O3. The summed E-state index contributed by atoms with van der Waals surface area (Å²) in [6, 6.07) is 3.27. The number of hydrogen-bond donors (Lipinski definition) is 2. The maximum absolute atomic E-state index is 10.6. The van der Waals surface area contributed by atoms with Gasteiger partial charge in [-0.15, -0.1) is 0 Å². The molecule has 0 radical (unpaired) electrons. The predicted molar refractivity (Wildman–Crippen MR) is 72.3 cm³/mol. The minimum Gasteiger partial charge on any atom is -0.478 e. The number of nitrogens with one attached hydrogen (secondary N) is 1. The number of carboxylic acids is 1. The molecule has 0 saturated carbocycles. The van der Waals surface area contributed by atoms with Crippen molar-refractivity contribution in [1.82, 2.24) is 15.2 Å². The summed E-state index contributed by atoms with van der Waals surface area (Å²) in [6.07, 6.45) is 1.37. The normalized spacial score (nSPS) is 10.9. The van der Waals surface area contributed by atoms with Crippen LogP contribution >= 0.6 is 0 Å². The van der Waals surface area contributed by atoms with Crippen molar-refractivity contribution in [2.45, 2.75) is 6.54 Å². The summed E-state index contributed by atoms with van der Waals surface area (Å²) in [4.78, 5) is 16.8. The molecule has 1 aromatic rings. The Hall–Kier alpha value is -1.50. The van der Waals surface area contributed by atoms with E-state index in [4.69, 9.17) is 9.84 Å². The van der Waals surface area contributed by atoms with Crippen LogP contribution in [0.15, 0.2) is 18.3 Å². The third kappa shape index (κ3) is 6.85. The van der Waals surface area contributed by atoms with Gasteiger partial charge in [-0.3, -0.25) is 4.98 Å². The van der Waals surface area contributed by atoms with E-state index in [1.54, 1.807) is 12.1 Å². The molecule has 0 aliphatic carbocycles. The van der Waals surface area contributed by atoms with Gasteiger partial charge in [0.1, 0.15) is 0 Å². The lowest BCUT2D eigenvalue weighted by atomic mass is 10.2. The monoisotopic (exact) mass is 267 g/mol. The molecule has 1 rings (SSSR count). The first-order valence-electron chi connectivity index (χ1n) is 6.21. The Morgan fingerprint density at radius 1 is 1.42 bits per heavy atom. The summed E-state index contributed by atoms with van der Waals surface area (Å²) in [6.45, 7) is 3.65. The van der Waals surface area contributed by atoms with Crippen molar-refractivity contribution >= 4 is 5.97 Å². The third-order valence-corrected chi connectivity index (χ3v) is 2.48. The Morgan fingerprint density at radius 2 is 2.21 bits per heavy atom. The lowest BCUT2D eigenvalue weighted by Gasteiger charge is -2.10. The SMILES string of the molecule is CN(C)CCOCCNCc1ccc(C(=O)O)cn1. The van der Waals surface area contributed by atoms with Gasteiger partial charge in [-0.2, -0.15) is 0 Å². The maximum atomic E-state index is 10.6. The van der Waals surface area contributed by atoms with Crippen molar-refractivity contribution in [2.24, 2.45) is 0 Å². The summed E-state index contributed by atoms with van der Waals surface area (Å²) in [5, 5.41) is 11.9. The predicted octanol–water partition coefficient (Wildman–Crippen LogP) is 0.448. The molecule has 0 atom stereocenters. The second-order valence-corrected chi connectivity index (χ2v) is 4.44. The molecule has 6 nitrogen and oxygen atoms in total. The molecular weight excluding hydrogens is 246 g/mol. The number of ether oxygens (including phenoxy) is 1. The quantitative estimate of drug-likeness (QED) is 0.633. The summed E-state index contributed by atoms with van der Waals surface area (Å²) < 4.78 is 5.43. The fraction of sp³-hybridized carbons (Fsp3) is 0.538. The Bertz CT molecular complexity index is 379. The molecule has 0 aromatic carbocycles. The average molecular weight is 267 g/mol. The van der Waals surface area contributed by atoms with Crippen LogP contribution in [0.4, 0.5) is 0 Å². The van der Waals surface area contributed by atoms with Gasteiger partial charge in [0.25, 0.3) is 0 Å². The Balaban J connectivity index is 2.11. The van der Waals surface area contributed by atoms with E-state index in [0.717, 1.165) is 25.4 Å². The van der Waals surface area contributed by atoms with Gasteiger partial charge in [0.15, 0.2) is 0 Å². The first-order valence-corrected chi connectivity index (χ1v) is 6.21. The summed E-state index contributed by atoms with van der Waals surface area (Å²) in [5.74, 6) is -0.957. The van der Waals surface area contributed by atoms with Crippen LogP contribution in [0.25, 0.3) is 0 Å². The molecule has 0 bridgehead atoms. The summed E-state index contributed by atoms with van der Waals surface area (Å²) in [7, 11) is 4.02. The fourth-order valence-corrected chi connectivity index (χ4v) is 1.37. The van der Waals surface area contributed by atoms with E-state index in [9.17, 15) is 4.79 Å². The van der Waals surface area contributed by atoms with E-state index in [0.29, 0.717) is 13.2 Å². The Kier molecular flexibility index (Phi) is 7.02. The number of carbonyl (C=O) groups is 1. The zero-order chi connectivity index (χ0) is 14.1. The van der Waals surface area contributed by atoms with Gasteiger partial charge in [-0.05, 0) is 26.2 Å². The number of pyridine rings is 1. The van der Waals surface area contributed by atoms with Crippen molar-refractivity contribution in [2.75, 3.05) is 40.4 Å². The van der Waals surface area contributed by atoms with E-state index < -0.39 is 5.97 Å². The standard InChI is InChI=1S/C13H21N3O3/c1-16(2)6-8-19-7-5-14-10-12-4-3-11(9-15-12)13(17)18/h3-4,9,14H,5-8,10H2,1-2H3,(H,17,18). The van der Waals surface area contributed by atoms with Crippen LogP contribution in [0.1, 0.15) is 16.1 Å². The molecule has 19 heavy (non-hydrogen) atoms. The van der Waals surface area contributed by atoms with E-state index in [1.165, 1.54) is 6.20 Å². The minimum atomic E-state index is -0.957. The average Bonchev–Trinajstić information content (AvgIpc) is 2.38. The van der Waals surface area contributed by atoms with Crippen LogP contribution in [0, 0.1) is 0 Å². The van der Waals surface area contributed by atoms with Crippen LogP contribution < -0.4 is 5.32 Å². The second-order valence-electron chi connectivity index (χ2n) is 4.44. The smallest absolute Gasteiger partial charge is 0.337 e. The number of nitrogens with zero attached hydrogens (tertiary/aromatic N) is 2. The van der Waals surface area contributed by atoms with Gasteiger partial charge in [0.05, 0.1) is 24.5 Å². The lowest BCUT2D eigenvalue weighted by Crippen LogP contribution is -2.23. The molecule has 106 valence electrons. The zero-order valence-corrected chi connectivity index (χ0v) is 11.4. The number of hydrogen-bond acceptors (Lipinski definition) is 5. The van der Waals surface area contributed by atoms with Crippen LogP contribution in [0.3, 0.4) is 0 Å². The highest BCUT2D eigenvalue weighted by Crippen LogP contribution is 1.99. The third-order valence-electron chi connectivity index (χ3n) is 2.48. The van der Waals surface area contributed by atoms with Gasteiger partial charge in [0, 0.05) is 25.8 Å². The van der Waals surface area contributed by atoms with Gasteiger partial charge in [0.2, 0.25) is 0 Å². The van der Waals surface area contributed by atoms with E-state index in [-0.39, 0.29) is 5.56 Å². The largest absolute Gasteiger partial charge is 0.478 e. The molecule has 0 aliphatic heterocycles. The summed E-state index contributed by atoms with van der Waals surface area (Å²) >= 11 is 0. The van der Waals surface area contributed by atoms with Gasteiger partial charge < -0.3 is 20.1 Å². The molecule has 2 N–H and O–H groups in total. The molecule has 0 amide bonds. The highest BCUT2D eigenvalue weighted by molar-refractivity contribution is 5.87. The highest BCUT2D eigenvalue weighted by atomic mass is 16.5. The minimum absolute atomic E-state index is 0.204. The Morgan fingerprint density at radius 3 is 2.79 bits per heavy atom. The number of carboxylic acid groups (broad SMARTS) is 1. The zero-order valence-electron chi connectivity index (χ0n) is 11.4. The van der Waals surface area contributed by atoms with Crippen molar-refractivity contribution in [1.29, 1.82) is 0 Å². The van der Waals surface area contributed by atoms with Crippen molar-refractivity contribution in [3.8, 4) is 0 Å². The van der Waals surface area contributed by atoms with Crippen LogP contribution in [0.2, 0.25) is 0 Å². The van der Waals surface area contributed by atoms with Gasteiger partial charge in [-0.1, -0.05) is 0 Å². The molecule has 0 aliphatic rings. The van der Waals surface area contributed by atoms with Crippen LogP contribution in [0.5, 0.6) is 0 Å². The number of aromatic nitrogens is 1. The van der Waals surface area contributed by atoms with Crippen LogP contribution in [-0.4, -0.2) is 61.4 Å². The molecule has 0 fully saturated rings. The van der Waals surface area contributed by atoms with Crippen molar-refractivity contribution < 1.29 is 14.6 Å². The van der Waals surface area contributed by atoms with E-state index in [2.05, 4.69) is 15.2 Å². The summed E-state index contributed by atoms with van der Waals surface area (Å²) in [5.41, 5.74) is 1.02. The second kappa shape index (κ2) is 8.58. The molecule has 0 spiro atoms. The van der Waals surface area contributed by atoms with Crippen molar-refractivity contribution in [3.63, 3.8) is 0 Å². The molecule has 1 heterocycles. The molecule has 0 unspecified atom stereocenters. The van der Waals surface area contributed by atoms with Crippen LogP contribution in [-0.2, 0) is 11.3 Å². The van der Waals surface area contributed by atoms with Gasteiger partial charge in [-0.25, -0.2) is 4.79 Å². The highest BCUT2D eigenvalue weighted by Gasteiger charge is 2.02. The first-order chi connectivity index (χ1) is 9.09. The number of aromatic carboxylic acids is 1. The fourth-order valence-electron chi connectivity index (χ4n) is 1.37. The number of rotatable bonds is 9. The Labute approximate surface area is 113 Å². The molecule has 6 heteroatoms. The topological polar surface area (TPSA) is 74.7 Å². The lowest BCUT2D eigenvalue weighted by molar-refractivity contribution is 0.0696. The van der Waals surface area contributed by atoms with Crippen molar-refractivity contribution in [3.05, 3.63) is 29.6 Å².